The van der Waals surface area contributed by atoms with Gasteiger partial charge in [-0.15, -0.1) is 0 Å². The second-order valence-corrected chi connectivity index (χ2v) is 8.87. The first kappa shape index (κ1) is 22.5. The molecule has 0 amide bonds. The molecule has 0 unspecified atom stereocenters. The number of alkyl halides is 2. The maximum Gasteiger partial charge on any atom is 0.286 e. The van der Waals surface area contributed by atoms with E-state index in [1.54, 1.807) is 44.3 Å². The zero-order valence-corrected chi connectivity index (χ0v) is 18.7. The van der Waals surface area contributed by atoms with Crippen LogP contribution in [0.25, 0.3) is 11.5 Å². The molecule has 2 N–H and O–H groups in total. The lowest BCUT2D eigenvalue weighted by atomic mass is 9.91. The van der Waals surface area contributed by atoms with Crippen molar-refractivity contribution >= 4 is 17.3 Å². The van der Waals surface area contributed by atoms with E-state index in [4.69, 9.17) is 0 Å². The number of anilines is 3. The maximum atomic E-state index is 13.8. The fraction of sp³-hybridized carbons (Fsp3) is 0.375. The molecule has 0 atom stereocenters. The normalized spacial score (nSPS) is 13.9. The average molecular weight is 450 g/mol. The van der Waals surface area contributed by atoms with Gasteiger partial charge in [-0.05, 0) is 56.9 Å². The van der Waals surface area contributed by atoms with Crippen LogP contribution in [0.15, 0.2) is 42.6 Å². The lowest BCUT2D eigenvalue weighted by Crippen LogP contribution is -2.16. The summed E-state index contributed by atoms with van der Waals surface area (Å²) < 4.78 is 27.6. The Bertz CT molecular complexity index is 1190. The zero-order valence-electron chi connectivity index (χ0n) is 18.7. The lowest BCUT2D eigenvalue weighted by molar-refractivity contribution is 0.0129. The highest BCUT2D eigenvalue weighted by Crippen LogP contribution is 2.31. The van der Waals surface area contributed by atoms with Crippen LogP contribution in [-0.4, -0.2) is 26.5 Å². The molecule has 0 spiro atoms. The Hall–Kier alpha value is -3.67. The predicted octanol–water partition coefficient (Wildman–Crippen LogP) is 5.41. The quantitative estimate of drug-likeness (QED) is 0.474. The van der Waals surface area contributed by atoms with E-state index in [0.29, 0.717) is 28.9 Å². The van der Waals surface area contributed by atoms with Crippen LogP contribution in [0, 0.1) is 17.2 Å². The van der Waals surface area contributed by atoms with Crippen LogP contribution in [-0.2, 0) is 11.3 Å². The second-order valence-electron chi connectivity index (χ2n) is 8.87. The highest BCUT2D eigenvalue weighted by molar-refractivity contribution is 5.64. The second kappa shape index (κ2) is 8.70. The summed E-state index contributed by atoms with van der Waals surface area (Å²) in [4.78, 5) is 17.4. The van der Waals surface area contributed by atoms with E-state index in [2.05, 4.69) is 36.6 Å². The van der Waals surface area contributed by atoms with E-state index < -0.39 is 11.3 Å². The van der Waals surface area contributed by atoms with Crippen molar-refractivity contribution in [3.8, 4) is 17.6 Å². The summed E-state index contributed by atoms with van der Waals surface area (Å²) in [6.45, 7) is 5.18. The van der Waals surface area contributed by atoms with Gasteiger partial charge in [0.25, 0.3) is 5.92 Å². The van der Waals surface area contributed by atoms with Crippen LogP contribution in [0.3, 0.4) is 0 Å². The van der Waals surface area contributed by atoms with E-state index in [-0.39, 0.29) is 17.2 Å². The van der Waals surface area contributed by atoms with Gasteiger partial charge < -0.3 is 10.6 Å². The molecule has 170 valence electrons. The minimum atomic E-state index is -3.07. The van der Waals surface area contributed by atoms with E-state index in [9.17, 15) is 14.0 Å². The van der Waals surface area contributed by atoms with Crippen molar-refractivity contribution in [3.63, 3.8) is 0 Å². The summed E-state index contributed by atoms with van der Waals surface area (Å²) in [6.07, 6.45) is 3.98. The number of halogens is 2. The van der Waals surface area contributed by atoms with Gasteiger partial charge in [0.05, 0.1) is 17.2 Å². The number of nitrogens with one attached hydrogen (secondary N) is 2. The number of nitrogens with zero attached hydrogens (tertiary/aromatic N) is 5. The minimum Gasteiger partial charge on any atom is -0.370 e. The Balaban J connectivity index is 1.69. The van der Waals surface area contributed by atoms with Crippen LogP contribution in [0.2, 0.25) is 0 Å². The van der Waals surface area contributed by atoms with Crippen LogP contribution in [0.1, 0.15) is 45.0 Å². The molecule has 7 nitrogen and oxygen atoms in total. The monoisotopic (exact) mass is 449 g/mol. The molecule has 3 aromatic heterocycles. The summed E-state index contributed by atoms with van der Waals surface area (Å²) >= 11 is 0. The van der Waals surface area contributed by atoms with Gasteiger partial charge in [0.1, 0.15) is 23.0 Å². The summed E-state index contributed by atoms with van der Waals surface area (Å²) in [6, 6.07) is 12.0. The predicted molar refractivity (Wildman–Crippen MR) is 122 cm³/mol. The number of hydrogen-bond donors (Lipinski definition) is 2. The topological polar surface area (TPSA) is 99.4 Å². The molecule has 1 saturated carbocycles. The molecule has 0 aromatic carbocycles. The highest BCUT2D eigenvalue weighted by atomic mass is 19.3. The van der Waals surface area contributed by atoms with Crippen molar-refractivity contribution in [2.75, 3.05) is 17.2 Å². The summed E-state index contributed by atoms with van der Waals surface area (Å²) in [7, 11) is 0. The Morgan fingerprint density at radius 1 is 1.03 bits per heavy atom. The third-order valence-corrected chi connectivity index (χ3v) is 5.38. The first-order chi connectivity index (χ1) is 15.6. The zero-order chi connectivity index (χ0) is 23.6. The van der Waals surface area contributed by atoms with Gasteiger partial charge in [-0.3, -0.25) is 4.98 Å². The number of rotatable bonds is 8. The van der Waals surface area contributed by atoms with Gasteiger partial charge in [0.15, 0.2) is 5.82 Å². The first-order valence-electron chi connectivity index (χ1n) is 10.8. The largest absolute Gasteiger partial charge is 0.370 e. The van der Waals surface area contributed by atoms with E-state index in [1.165, 1.54) is 25.0 Å². The number of hydrogen-bond acceptors (Lipinski definition) is 7. The van der Waals surface area contributed by atoms with Crippen molar-refractivity contribution in [3.05, 3.63) is 54.0 Å². The Labute approximate surface area is 191 Å². The molecular formula is C24H25F2N7. The maximum absolute atomic E-state index is 13.8. The summed E-state index contributed by atoms with van der Waals surface area (Å²) in [5.41, 5.74) is 0.486. The number of pyridine rings is 2. The molecule has 1 aliphatic carbocycles. The van der Waals surface area contributed by atoms with Gasteiger partial charge in [-0.25, -0.2) is 15.0 Å². The molecule has 0 bridgehead atoms. The van der Waals surface area contributed by atoms with Crippen LogP contribution >= 0.6 is 0 Å². The first-order valence-corrected chi connectivity index (χ1v) is 10.8. The Morgan fingerprint density at radius 2 is 1.79 bits per heavy atom. The van der Waals surface area contributed by atoms with Crippen molar-refractivity contribution in [2.45, 2.75) is 45.0 Å². The fourth-order valence-electron chi connectivity index (χ4n) is 3.15. The molecule has 3 aromatic rings. The van der Waals surface area contributed by atoms with Crippen molar-refractivity contribution in [2.24, 2.45) is 5.92 Å². The highest BCUT2D eigenvalue weighted by Gasteiger charge is 2.27. The third kappa shape index (κ3) is 5.58. The molecule has 1 fully saturated rings. The van der Waals surface area contributed by atoms with Gasteiger partial charge in [0.2, 0.25) is 0 Å². The third-order valence-electron chi connectivity index (χ3n) is 5.38. The van der Waals surface area contributed by atoms with Crippen molar-refractivity contribution < 1.29 is 8.78 Å². The molecule has 1 aliphatic rings. The van der Waals surface area contributed by atoms with E-state index in [0.717, 1.165) is 13.5 Å². The van der Waals surface area contributed by atoms with Crippen molar-refractivity contribution in [1.29, 1.82) is 5.26 Å². The van der Waals surface area contributed by atoms with Crippen LogP contribution < -0.4 is 10.6 Å². The smallest absolute Gasteiger partial charge is 0.286 e. The molecule has 9 heteroatoms. The van der Waals surface area contributed by atoms with Gasteiger partial charge in [-0.1, -0.05) is 6.07 Å². The molecule has 0 saturated heterocycles. The molecule has 0 aliphatic heterocycles. The minimum absolute atomic E-state index is 0.232. The van der Waals surface area contributed by atoms with Crippen LogP contribution in [0.4, 0.5) is 26.1 Å². The molecular weight excluding hydrogens is 424 g/mol. The fourth-order valence-corrected chi connectivity index (χ4v) is 3.15. The van der Waals surface area contributed by atoms with Gasteiger partial charge in [0, 0.05) is 31.4 Å². The standard InChI is InChI=1S/C24H25F2N7/c1-23(2,14-27)19-11-16(9-10-28-19)30-21-12-20(29-13-15-7-8-15)32-22(33-21)17-5-4-6-18(31-17)24(3,25)26/h4-6,9-12,15H,7-8,13H2,1-3H3,(H2,28,29,30,32,33). The van der Waals surface area contributed by atoms with E-state index >= 15 is 0 Å². The van der Waals surface area contributed by atoms with Gasteiger partial charge in [-0.2, -0.15) is 14.0 Å². The molecule has 33 heavy (non-hydrogen) atoms. The lowest BCUT2D eigenvalue weighted by Gasteiger charge is -2.16. The SMILES string of the molecule is CC(F)(F)c1cccc(-c2nc(NCC3CC3)cc(Nc3ccnc(C(C)(C)C#N)c3)n2)n1. The molecule has 4 rings (SSSR count). The van der Waals surface area contributed by atoms with Gasteiger partial charge >= 0.3 is 0 Å². The average Bonchev–Trinajstić information content (AvgIpc) is 3.62. The van der Waals surface area contributed by atoms with Crippen LogP contribution in [0.5, 0.6) is 0 Å². The molecule has 3 heterocycles. The number of nitriles is 1. The van der Waals surface area contributed by atoms with Crippen molar-refractivity contribution in [1.82, 2.24) is 19.9 Å². The summed E-state index contributed by atoms with van der Waals surface area (Å²) in [5, 5.41) is 15.9. The molecule has 0 radical (unpaired) electrons. The Morgan fingerprint density at radius 3 is 2.48 bits per heavy atom. The summed E-state index contributed by atoms with van der Waals surface area (Å²) in [5.74, 6) is -1.16. The number of aromatic nitrogens is 4. The Kier molecular flexibility index (Phi) is 5.93. The van der Waals surface area contributed by atoms with E-state index in [1.807, 2.05) is 0 Å².